The summed E-state index contributed by atoms with van der Waals surface area (Å²) in [7, 11) is 0. The van der Waals surface area contributed by atoms with Crippen LogP contribution in [0.15, 0.2) is 54.6 Å². The molecule has 2 bridgehead atoms. The summed E-state index contributed by atoms with van der Waals surface area (Å²) in [5.74, 6) is 0. The molecule has 0 N–H and O–H groups in total. The van der Waals surface area contributed by atoms with Gasteiger partial charge in [-0.2, -0.15) is 0 Å². The minimum absolute atomic E-state index is 0.406. The summed E-state index contributed by atoms with van der Waals surface area (Å²) < 4.78 is 0. The van der Waals surface area contributed by atoms with E-state index in [2.05, 4.69) is 66.4 Å². The Morgan fingerprint density at radius 1 is 1.05 bits per heavy atom. The van der Waals surface area contributed by atoms with E-state index in [1.54, 1.807) is 11.1 Å². The first-order valence-corrected chi connectivity index (χ1v) is 8.61. The molecule has 1 aliphatic heterocycles. The minimum atomic E-state index is 0.406. The topological polar surface area (TPSA) is 3.24 Å². The van der Waals surface area contributed by atoms with E-state index in [4.69, 9.17) is 0 Å². The summed E-state index contributed by atoms with van der Waals surface area (Å²) >= 11 is 0. The Morgan fingerprint density at radius 3 is 2.68 bits per heavy atom. The van der Waals surface area contributed by atoms with Crippen LogP contribution >= 0.6 is 0 Å². The normalized spacial score (nSPS) is 27.4. The number of hydrogen-bond acceptors (Lipinski definition) is 1. The summed E-state index contributed by atoms with van der Waals surface area (Å²) in [5, 5.41) is 0. The first kappa shape index (κ1) is 14.0. The van der Waals surface area contributed by atoms with Gasteiger partial charge in [0.05, 0.1) is 0 Å². The Labute approximate surface area is 134 Å². The van der Waals surface area contributed by atoms with Crippen LogP contribution in [0.1, 0.15) is 36.5 Å². The molecule has 2 aromatic carbocycles. The molecule has 0 radical (unpaired) electrons. The van der Waals surface area contributed by atoms with Gasteiger partial charge < -0.3 is 0 Å². The molecule has 1 aliphatic carbocycles. The molecule has 1 nitrogen and oxygen atoms in total. The highest BCUT2D eigenvalue weighted by Gasteiger charge is 2.42. The van der Waals surface area contributed by atoms with Crippen molar-refractivity contribution in [2.24, 2.45) is 0 Å². The van der Waals surface area contributed by atoms with E-state index in [0.717, 1.165) is 6.04 Å². The van der Waals surface area contributed by atoms with Crippen molar-refractivity contribution < 1.29 is 0 Å². The lowest BCUT2D eigenvalue weighted by atomic mass is 9.65. The number of fused-ring (bicyclic) bond motifs is 4. The van der Waals surface area contributed by atoms with Gasteiger partial charge in [0.1, 0.15) is 0 Å². The number of benzene rings is 2. The van der Waals surface area contributed by atoms with Gasteiger partial charge in [0.15, 0.2) is 0 Å². The van der Waals surface area contributed by atoms with E-state index in [0.29, 0.717) is 5.41 Å². The van der Waals surface area contributed by atoms with Crippen molar-refractivity contribution >= 4 is 0 Å². The molecule has 1 fully saturated rings. The largest absolute Gasteiger partial charge is 0.300 e. The van der Waals surface area contributed by atoms with Crippen molar-refractivity contribution in [3.8, 4) is 0 Å². The van der Waals surface area contributed by atoms with Crippen molar-refractivity contribution in [1.29, 1.82) is 0 Å². The van der Waals surface area contributed by atoms with Gasteiger partial charge in [-0.3, -0.25) is 4.90 Å². The fourth-order valence-electron chi connectivity index (χ4n) is 4.52. The molecule has 0 amide bonds. The van der Waals surface area contributed by atoms with Crippen LogP contribution in [-0.2, 0) is 18.3 Å². The molecule has 2 aromatic rings. The molecular formula is C21H25N. The van der Waals surface area contributed by atoms with Gasteiger partial charge in [0.2, 0.25) is 0 Å². The van der Waals surface area contributed by atoms with E-state index in [-0.39, 0.29) is 0 Å². The second kappa shape index (κ2) is 5.55. The molecule has 1 heteroatoms. The highest BCUT2D eigenvalue weighted by atomic mass is 15.2. The minimum Gasteiger partial charge on any atom is -0.300 e. The summed E-state index contributed by atoms with van der Waals surface area (Å²) in [6.45, 7) is 4.93. The Kier molecular flexibility index (Phi) is 3.54. The second-order valence-electron chi connectivity index (χ2n) is 7.30. The van der Waals surface area contributed by atoms with Gasteiger partial charge in [-0.15, -0.1) is 0 Å². The third-order valence-electron chi connectivity index (χ3n) is 5.81. The number of rotatable bonds is 3. The average molecular weight is 291 g/mol. The van der Waals surface area contributed by atoms with Crippen molar-refractivity contribution in [3.05, 3.63) is 71.3 Å². The molecule has 0 saturated carbocycles. The lowest BCUT2D eigenvalue weighted by Crippen LogP contribution is -2.52. The zero-order valence-electron chi connectivity index (χ0n) is 13.5. The number of nitrogens with zero attached hydrogens (tertiary/aromatic N) is 1. The van der Waals surface area contributed by atoms with E-state index in [9.17, 15) is 0 Å². The molecular weight excluding hydrogens is 266 g/mol. The van der Waals surface area contributed by atoms with Crippen LogP contribution in [0.25, 0.3) is 0 Å². The maximum atomic E-state index is 2.74. The molecule has 22 heavy (non-hydrogen) atoms. The molecule has 4 rings (SSSR count). The Morgan fingerprint density at radius 2 is 1.82 bits per heavy atom. The quantitative estimate of drug-likeness (QED) is 0.819. The van der Waals surface area contributed by atoms with Crippen LogP contribution in [0.4, 0.5) is 0 Å². The molecule has 1 unspecified atom stereocenters. The highest BCUT2D eigenvalue weighted by Crippen LogP contribution is 2.44. The van der Waals surface area contributed by atoms with Crippen LogP contribution in [0.3, 0.4) is 0 Å². The van der Waals surface area contributed by atoms with Crippen LogP contribution in [0.2, 0.25) is 0 Å². The molecule has 1 heterocycles. The fourth-order valence-corrected chi connectivity index (χ4v) is 4.52. The number of piperidine rings is 1. The first-order chi connectivity index (χ1) is 10.7. The van der Waals surface area contributed by atoms with Gasteiger partial charge in [0, 0.05) is 12.6 Å². The predicted octanol–water partition coefficient (Wildman–Crippen LogP) is 4.21. The lowest BCUT2D eigenvalue weighted by Gasteiger charge is -2.50. The average Bonchev–Trinajstić information content (AvgIpc) is 2.55. The van der Waals surface area contributed by atoms with Gasteiger partial charge in [-0.25, -0.2) is 0 Å². The zero-order chi connectivity index (χ0) is 15.0. The number of likely N-dealkylation sites (tertiary alicyclic amines) is 1. The maximum absolute atomic E-state index is 2.74. The third kappa shape index (κ3) is 2.48. The van der Waals surface area contributed by atoms with E-state index >= 15 is 0 Å². The maximum Gasteiger partial charge on any atom is 0.0144 e. The highest BCUT2D eigenvalue weighted by molar-refractivity contribution is 5.38. The van der Waals surface area contributed by atoms with Crippen LogP contribution < -0.4 is 0 Å². The van der Waals surface area contributed by atoms with E-state index in [1.807, 2.05) is 0 Å². The van der Waals surface area contributed by atoms with Gasteiger partial charge in [-0.1, -0.05) is 61.5 Å². The van der Waals surface area contributed by atoms with Crippen LogP contribution in [0, 0.1) is 0 Å². The van der Waals surface area contributed by atoms with E-state index < -0.39 is 0 Å². The van der Waals surface area contributed by atoms with E-state index in [1.165, 1.54) is 44.3 Å². The predicted molar refractivity (Wildman–Crippen MR) is 92.2 cm³/mol. The summed E-state index contributed by atoms with van der Waals surface area (Å²) in [6, 6.07) is 20.8. The molecule has 2 aliphatic rings. The van der Waals surface area contributed by atoms with Crippen molar-refractivity contribution in [1.82, 2.24) is 4.90 Å². The lowest BCUT2D eigenvalue weighted by molar-refractivity contribution is 0.0886. The first-order valence-electron chi connectivity index (χ1n) is 8.61. The van der Waals surface area contributed by atoms with Crippen LogP contribution in [0.5, 0.6) is 0 Å². The van der Waals surface area contributed by atoms with Gasteiger partial charge in [0.25, 0.3) is 0 Å². The zero-order valence-corrected chi connectivity index (χ0v) is 13.5. The smallest absolute Gasteiger partial charge is 0.0144 e. The van der Waals surface area contributed by atoms with Gasteiger partial charge >= 0.3 is 0 Å². The third-order valence-corrected chi connectivity index (χ3v) is 5.81. The van der Waals surface area contributed by atoms with Crippen molar-refractivity contribution in [3.63, 3.8) is 0 Å². The molecule has 1 saturated heterocycles. The van der Waals surface area contributed by atoms with Crippen LogP contribution in [-0.4, -0.2) is 24.0 Å². The summed E-state index contributed by atoms with van der Waals surface area (Å²) in [4.78, 5) is 2.74. The molecule has 0 aromatic heterocycles. The SMILES string of the molecule is C[C@@]12CCN(CCc3ccccc3)C(Cc3ccccc31)C2. The van der Waals surface area contributed by atoms with Crippen molar-refractivity contribution in [2.75, 3.05) is 13.1 Å². The Hall–Kier alpha value is -1.60. The number of hydrogen-bond donors (Lipinski definition) is 0. The Bertz CT molecular complexity index is 648. The monoisotopic (exact) mass is 291 g/mol. The fraction of sp³-hybridized carbons (Fsp3) is 0.429. The van der Waals surface area contributed by atoms with Gasteiger partial charge in [-0.05, 0) is 54.3 Å². The molecule has 0 spiro atoms. The summed E-state index contributed by atoms with van der Waals surface area (Å²) in [6.07, 6.45) is 5.05. The Balaban J connectivity index is 1.50. The van der Waals surface area contributed by atoms with Crippen molar-refractivity contribution in [2.45, 2.75) is 44.1 Å². The summed E-state index contributed by atoms with van der Waals surface area (Å²) in [5.41, 5.74) is 5.08. The molecule has 114 valence electrons. The molecule has 2 atom stereocenters. The second-order valence-corrected chi connectivity index (χ2v) is 7.30. The standard InChI is InChI=1S/C21H25N/c1-21-12-14-22(13-11-17-7-3-2-4-8-17)19(16-21)15-18-9-5-6-10-20(18)21/h2-10,19H,11-16H2,1H3/t19?,21-/m0/s1.